The number of rotatable bonds is 4. The number of hydrogen-bond acceptors (Lipinski definition) is 3. The van der Waals surface area contributed by atoms with E-state index in [9.17, 15) is 4.79 Å². The van der Waals surface area contributed by atoms with Crippen LogP contribution in [-0.2, 0) is 0 Å². The number of nitrogens with two attached hydrogens (primary N) is 1. The van der Waals surface area contributed by atoms with Crippen molar-refractivity contribution in [2.75, 3.05) is 17.7 Å². The van der Waals surface area contributed by atoms with E-state index in [-0.39, 0.29) is 5.91 Å². The van der Waals surface area contributed by atoms with Gasteiger partial charge in [0.15, 0.2) is 0 Å². The zero-order valence-electron chi connectivity index (χ0n) is 11.9. The van der Waals surface area contributed by atoms with Gasteiger partial charge in [0, 0.05) is 15.7 Å². The minimum Gasteiger partial charge on any atom is -0.492 e. The van der Waals surface area contributed by atoms with Gasteiger partial charge in [0.1, 0.15) is 5.75 Å². The average Bonchev–Trinajstić information content (AvgIpc) is 2.45. The second-order valence-electron chi connectivity index (χ2n) is 4.60. The third kappa shape index (κ3) is 3.76. The van der Waals surface area contributed by atoms with Crippen molar-refractivity contribution in [3.63, 3.8) is 0 Å². The maximum Gasteiger partial charge on any atom is 0.255 e. The molecule has 0 atom stereocenters. The fraction of sp³-hybridized carbons (Fsp3) is 0.188. The van der Waals surface area contributed by atoms with Gasteiger partial charge >= 0.3 is 0 Å². The molecule has 0 saturated heterocycles. The minimum absolute atomic E-state index is 0.208. The third-order valence-electron chi connectivity index (χ3n) is 3.00. The van der Waals surface area contributed by atoms with Gasteiger partial charge in [-0.1, -0.05) is 22.0 Å². The third-order valence-corrected chi connectivity index (χ3v) is 3.86. The van der Waals surface area contributed by atoms with Crippen LogP contribution < -0.4 is 15.8 Å². The summed E-state index contributed by atoms with van der Waals surface area (Å²) < 4.78 is 6.31. The summed E-state index contributed by atoms with van der Waals surface area (Å²) in [6.07, 6.45) is 0. The highest BCUT2D eigenvalue weighted by Gasteiger charge is 2.09. The fourth-order valence-corrected chi connectivity index (χ4v) is 2.23. The standard InChI is InChI=1S/C16H17BrN2O2/c1-3-21-15-7-5-11(8-14(15)18)16(20)19-12-6-4-10(2)13(17)9-12/h4-9H,3,18H2,1-2H3,(H,19,20). The van der Waals surface area contributed by atoms with Gasteiger partial charge in [-0.3, -0.25) is 4.79 Å². The van der Waals surface area contributed by atoms with E-state index < -0.39 is 0 Å². The molecular formula is C16H17BrN2O2. The van der Waals surface area contributed by atoms with Crippen molar-refractivity contribution >= 4 is 33.2 Å². The number of aryl methyl sites for hydroxylation is 1. The summed E-state index contributed by atoms with van der Waals surface area (Å²) in [7, 11) is 0. The van der Waals surface area contributed by atoms with Crippen LogP contribution >= 0.6 is 15.9 Å². The first kappa shape index (κ1) is 15.4. The molecule has 110 valence electrons. The van der Waals surface area contributed by atoms with E-state index in [1.54, 1.807) is 18.2 Å². The number of carbonyl (C=O) groups is 1. The molecule has 0 bridgehead atoms. The summed E-state index contributed by atoms with van der Waals surface area (Å²) in [6.45, 7) is 4.41. The highest BCUT2D eigenvalue weighted by molar-refractivity contribution is 9.10. The van der Waals surface area contributed by atoms with Gasteiger partial charge in [0.2, 0.25) is 0 Å². The number of nitrogen functional groups attached to an aromatic ring is 1. The van der Waals surface area contributed by atoms with Crippen LogP contribution in [0.3, 0.4) is 0 Å². The van der Waals surface area contributed by atoms with Crippen LogP contribution in [0, 0.1) is 6.92 Å². The summed E-state index contributed by atoms with van der Waals surface area (Å²) in [6, 6.07) is 10.7. The molecule has 0 spiro atoms. The van der Waals surface area contributed by atoms with E-state index in [0.29, 0.717) is 23.6 Å². The highest BCUT2D eigenvalue weighted by Crippen LogP contribution is 2.24. The summed E-state index contributed by atoms with van der Waals surface area (Å²) in [5.41, 5.74) is 8.65. The van der Waals surface area contributed by atoms with E-state index in [4.69, 9.17) is 10.5 Å². The number of nitrogens with one attached hydrogen (secondary N) is 1. The smallest absolute Gasteiger partial charge is 0.255 e. The molecular weight excluding hydrogens is 332 g/mol. The Morgan fingerprint density at radius 2 is 2.05 bits per heavy atom. The number of halogens is 1. The largest absolute Gasteiger partial charge is 0.492 e. The van der Waals surface area contributed by atoms with Gasteiger partial charge in [-0.25, -0.2) is 0 Å². The van der Waals surface area contributed by atoms with Crippen molar-refractivity contribution in [1.82, 2.24) is 0 Å². The molecule has 2 aromatic rings. The molecule has 0 aromatic heterocycles. The van der Waals surface area contributed by atoms with Crippen molar-refractivity contribution in [2.45, 2.75) is 13.8 Å². The molecule has 0 fully saturated rings. The summed E-state index contributed by atoms with van der Waals surface area (Å²) in [5, 5.41) is 2.84. The first-order valence-electron chi connectivity index (χ1n) is 6.61. The maximum atomic E-state index is 12.2. The van der Waals surface area contributed by atoms with Crippen LogP contribution in [0.1, 0.15) is 22.8 Å². The lowest BCUT2D eigenvalue weighted by molar-refractivity contribution is 0.102. The van der Waals surface area contributed by atoms with Crippen LogP contribution in [0.15, 0.2) is 40.9 Å². The van der Waals surface area contributed by atoms with Crippen molar-refractivity contribution in [3.8, 4) is 5.75 Å². The zero-order chi connectivity index (χ0) is 15.4. The first-order valence-corrected chi connectivity index (χ1v) is 7.40. The lowest BCUT2D eigenvalue weighted by atomic mass is 10.1. The Kier molecular flexibility index (Phi) is 4.85. The predicted octanol–water partition coefficient (Wildman–Crippen LogP) is 3.99. The SMILES string of the molecule is CCOc1ccc(C(=O)Nc2ccc(C)c(Br)c2)cc1N. The predicted molar refractivity (Wildman–Crippen MR) is 88.9 cm³/mol. The van der Waals surface area contributed by atoms with Crippen molar-refractivity contribution in [2.24, 2.45) is 0 Å². The number of amides is 1. The number of benzene rings is 2. The number of hydrogen-bond donors (Lipinski definition) is 2. The van der Waals surface area contributed by atoms with Crippen LogP contribution in [0.2, 0.25) is 0 Å². The molecule has 0 saturated carbocycles. The second kappa shape index (κ2) is 6.63. The molecule has 3 N–H and O–H groups in total. The van der Waals surface area contributed by atoms with Gasteiger partial charge in [0.25, 0.3) is 5.91 Å². The Morgan fingerprint density at radius 1 is 1.29 bits per heavy atom. The first-order chi connectivity index (χ1) is 10.0. The summed E-state index contributed by atoms with van der Waals surface area (Å²) in [4.78, 5) is 12.2. The van der Waals surface area contributed by atoms with E-state index in [0.717, 1.165) is 15.7 Å². The van der Waals surface area contributed by atoms with Gasteiger partial charge in [0.05, 0.1) is 12.3 Å². The van der Waals surface area contributed by atoms with Crippen molar-refractivity contribution in [1.29, 1.82) is 0 Å². The minimum atomic E-state index is -0.208. The summed E-state index contributed by atoms with van der Waals surface area (Å²) >= 11 is 3.44. The number of anilines is 2. The van der Waals surface area contributed by atoms with E-state index in [2.05, 4.69) is 21.2 Å². The molecule has 0 aliphatic heterocycles. The number of ether oxygens (including phenoxy) is 1. The van der Waals surface area contributed by atoms with Crippen molar-refractivity contribution in [3.05, 3.63) is 52.0 Å². The Hall–Kier alpha value is -2.01. The highest BCUT2D eigenvalue weighted by atomic mass is 79.9. The molecule has 21 heavy (non-hydrogen) atoms. The average molecular weight is 349 g/mol. The Morgan fingerprint density at radius 3 is 2.67 bits per heavy atom. The molecule has 0 aliphatic carbocycles. The van der Waals surface area contributed by atoms with E-state index in [1.165, 1.54) is 0 Å². The van der Waals surface area contributed by atoms with Gasteiger partial charge in [-0.15, -0.1) is 0 Å². The lowest BCUT2D eigenvalue weighted by Gasteiger charge is -2.10. The molecule has 0 unspecified atom stereocenters. The lowest BCUT2D eigenvalue weighted by Crippen LogP contribution is -2.12. The molecule has 2 aromatic carbocycles. The van der Waals surface area contributed by atoms with Crippen LogP contribution in [0.25, 0.3) is 0 Å². The second-order valence-corrected chi connectivity index (χ2v) is 5.46. The van der Waals surface area contributed by atoms with Crippen molar-refractivity contribution < 1.29 is 9.53 Å². The Bertz CT molecular complexity index is 671. The van der Waals surface area contributed by atoms with E-state index >= 15 is 0 Å². The quantitative estimate of drug-likeness (QED) is 0.821. The van der Waals surface area contributed by atoms with Gasteiger partial charge < -0.3 is 15.8 Å². The van der Waals surface area contributed by atoms with E-state index in [1.807, 2.05) is 32.0 Å². The molecule has 0 aliphatic rings. The molecule has 1 amide bonds. The van der Waals surface area contributed by atoms with Gasteiger partial charge in [-0.05, 0) is 49.7 Å². The Labute approximate surface area is 132 Å². The molecule has 0 radical (unpaired) electrons. The number of carbonyl (C=O) groups excluding carboxylic acids is 1. The molecule has 5 heteroatoms. The zero-order valence-corrected chi connectivity index (χ0v) is 13.5. The molecule has 2 rings (SSSR count). The maximum absolute atomic E-state index is 12.2. The summed E-state index contributed by atoms with van der Waals surface area (Å²) in [5.74, 6) is 0.382. The van der Waals surface area contributed by atoms with Gasteiger partial charge in [-0.2, -0.15) is 0 Å². The molecule has 4 nitrogen and oxygen atoms in total. The fourth-order valence-electron chi connectivity index (χ4n) is 1.85. The normalized spacial score (nSPS) is 10.2. The van der Waals surface area contributed by atoms with Crippen LogP contribution in [0.4, 0.5) is 11.4 Å². The van der Waals surface area contributed by atoms with Crippen LogP contribution in [-0.4, -0.2) is 12.5 Å². The van der Waals surface area contributed by atoms with Crippen LogP contribution in [0.5, 0.6) is 5.75 Å². The topological polar surface area (TPSA) is 64.3 Å². The Balaban J connectivity index is 2.16. The molecule has 0 heterocycles. The monoisotopic (exact) mass is 348 g/mol.